The SMILES string of the molecule is COCc1ccccc1NC(=O)N[C@H](CCO)C(=O)O. The molecule has 0 bridgehead atoms. The molecule has 0 aliphatic carbocycles. The van der Waals surface area contributed by atoms with Gasteiger partial charge in [-0.2, -0.15) is 0 Å². The molecule has 1 rings (SSSR count). The monoisotopic (exact) mass is 282 g/mol. The minimum absolute atomic E-state index is 0.0531. The van der Waals surface area contributed by atoms with E-state index in [1.165, 1.54) is 0 Å². The fraction of sp³-hybridized carbons (Fsp3) is 0.385. The number of amides is 2. The Morgan fingerprint density at radius 2 is 2.05 bits per heavy atom. The number of aliphatic hydroxyl groups is 1. The van der Waals surface area contributed by atoms with Crippen LogP contribution in [0.5, 0.6) is 0 Å². The second-order valence-corrected chi connectivity index (χ2v) is 4.09. The summed E-state index contributed by atoms with van der Waals surface area (Å²) in [5, 5.41) is 22.5. The van der Waals surface area contributed by atoms with Gasteiger partial charge in [-0.25, -0.2) is 9.59 Å². The summed E-state index contributed by atoms with van der Waals surface area (Å²) >= 11 is 0. The zero-order valence-corrected chi connectivity index (χ0v) is 11.1. The minimum Gasteiger partial charge on any atom is -0.480 e. The van der Waals surface area contributed by atoms with Gasteiger partial charge in [0.25, 0.3) is 0 Å². The number of para-hydroxylation sites is 1. The predicted molar refractivity (Wildman–Crippen MR) is 72.4 cm³/mol. The van der Waals surface area contributed by atoms with Crippen molar-refractivity contribution in [1.29, 1.82) is 0 Å². The number of aliphatic hydroxyl groups excluding tert-OH is 1. The average molecular weight is 282 g/mol. The minimum atomic E-state index is -1.20. The van der Waals surface area contributed by atoms with Gasteiger partial charge in [0.2, 0.25) is 0 Å². The lowest BCUT2D eigenvalue weighted by atomic mass is 10.2. The normalized spacial score (nSPS) is 11.7. The van der Waals surface area contributed by atoms with Crippen LogP contribution in [0.1, 0.15) is 12.0 Å². The van der Waals surface area contributed by atoms with Crippen LogP contribution in [0, 0.1) is 0 Å². The van der Waals surface area contributed by atoms with Gasteiger partial charge < -0.3 is 25.6 Å². The molecule has 0 unspecified atom stereocenters. The summed E-state index contributed by atoms with van der Waals surface area (Å²) in [5.74, 6) is -1.20. The number of carbonyl (C=O) groups excluding carboxylic acids is 1. The first kappa shape index (κ1) is 15.9. The van der Waals surface area contributed by atoms with E-state index in [4.69, 9.17) is 14.9 Å². The molecular weight excluding hydrogens is 264 g/mol. The molecule has 0 fully saturated rings. The number of nitrogens with one attached hydrogen (secondary N) is 2. The Balaban J connectivity index is 2.68. The van der Waals surface area contributed by atoms with Crippen LogP contribution in [0.4, 0.5) is 10.5 Å². The Bertz CT molecular complexity index is 464. The molecule has 4 N–H and O–H groups in total. The first-order chi connectivity index (χ1) is 9.58. The van der Waals surface area contributed by atoms with Crippen molar-refractivity contribution < 1.29 is 24.5 Å². The maximum absolute atomic E-state index is 11.8. The van der Waals surface area contributed by atoms with E-state index in [0.717, 1.165) is 5.56 Å². The van der Waals surface area contributed by atoms with Gasteiger partial charge in [0.05, 0.1) is 6.61 Å². The highest BCUT2D eigenvalue weighted by molar-refractivity contribution is 5.92. The van der Waals surface area contributed by atoms with Crippen LogP contribution in [0.2, 0.25) is 0 Å². The summed E-state index contributed by atoms with van der Waals surface area (Å²) in [5.41, 5.74) is 1.32. The molecule has 0 aliphatic heterocycles. The molecule has 0 aliphatic rings. The summed E-state index contributed by atoms with van der Waals surface area (Å²) in [6, 6.07) is 5.27. The van der Waals surface area contributed by atoms with Gasteiger partial charge in [0.1, 0.15) is 6.04 Å². The number of carboxylic acid groups (broad SMARTS) is 1. The Labute approximate surface area is 116 Å². The van der Waals surface area contributed by atoms with Crippen molar-refractivity contribution in [1.82, 2.24) is 5.32 Å². The van der Waals surface area contributed by atoms with Crippen LogP contribution in [-0.4, -0.2) is 42.0 Å². The van der Waals surface area contributed by atoms with E-state index in [9.17, 15) is 9.59 Å². The molecule has 1 atom stereocenters. The second kappa shape index (κ2) is 8.13. The number of carboxylic acids is 1. The highest BCUT2D eigenvalue weighted by Gasteiger charge is 2.19. The fourth-order valence-electron chi connectivity index (χ4n) is 1.63. The number of methoxy groups -OCH3 is 1. The molecule has 110 valence electrons. The Hall–Kier alpha value is -2.12. The molecule has 2 amide bonds. The number of rotatable bonds is 7. The number of carbonyl (C=O) groups is 2. The summed E-state index contributed by atoms with van der Waals surface area (Å²) in [6.07, 6.45) is -0.0531. The predicted octanol–water partition coefficient (Wildman–Crippen LogP) is 0.790. The zero-order valence-electron chi connectivity index (χ0n) is 11.1. The smallest absolute Gasteiger partial charge is 0.326 e. The van der Waals surface area contributed by atoms with Gasteiger partial charge in [0.15, 0.2) is 0 Å². The van der Waals surface area contributed by atoms with Crippen LogP contribution >= 0.6 is 0 Å². The van der Waals surface area contributed by atoms with Crippen molar-refractivity contribution in [3.8, 4) is 0 Å². The summed E-state index contributed by atoms with van der Waals surface area (Å²) in [4.78, 5) is 22.6. The van der Waals surface area contributed by atoms with Crippen molar-refractivity contribution in [2.75, 3.05) is 19.0 Å². The fourth-order valence-corrected chi connectivity index (χ4v) is 1.63. The lowest BCUT2D eigenvalue weighted by Gasteiger charge is -2.15. The molecule has 20 heavy (non-hydrogen) atoms. The van der Waals surface area contributed by atoms with Gasteiger partial charge in [-0.1, -0.05) is 18.2 Å². The van der Waals surface area contributed by atoms with Gasteiger partial charge in [0, 0.05) is 31.4 Å². The highest BCUT2D eigenvalue weighted by atomic mass is 16.5. The van der Waals surface area contributed by atoms with Crippen LogP contribution < -0.4 is 10.6 Å². The van der Waals surface area contributed by atoms with Crippen molar-refractivity contribution >= 4 is 17.7 Å². The number of urea groups is 1. The first-order valence-electron chi connectivity index (χ1n) is 6.06. The molecular formula is C13H18N2O5. The van der Waals surface area contributed by atoms with E-state index in [1.807, 2.05) is 6.07 Å². The highest BCUT2D eigenvalue weighted by Crippen LogP contribution is 2.15. The van der Waals surface area contributed by atoms with E-state index >= 15 is 0 Å². The molecule has 0 saturated heterocycles. The Morgan fingerprint density at radius 1 is 1.35 bits per heavy atom. The van der Waals surface area contributed by atoms with Crippen LogP contribution in [0.3, 0.4) is 0 Å². The van der Waals surface area contributed by atoms with E-state index < -0.39 is 18.0 Å². The van der Waals surface area contributed by atoms with Crippen molar-refractivity contribution in [2.24, 2.45) is 0 Å². The zero-order chi connectivity index (χ0) is 15.0. The summed E-state index contributed by atoms with van der Waals surface area (Å²) in [6.45, 7) is 0.00691. The van der Waals surface area contributed by atoms with Crippen molar-refractivity contribution in [2.45, 2.75) is 19.1 Å². The van der Waals surface area contributed by atoms with E-state index in [1.54, 1.807) is 25.3 Å². The van der Waals surface area contributed by atoms with Crippen LogP contribution in [0.25, 0.3) is 0 Å². The third-order valence-corrected chi connectivity index (χ3v) is 2.59. The molecule has 0 saturated carbocycles. The van der Waals surface area contributed by atoms with Gasteiger partial charge in [-0.15, -0.1) is 0 Å². The third-order valence-electron chi connectivity index (χ3n) is 2.59. The Kier molecular flexibility index (Phi) is 6.48. The van der Waals surface area contributed by atoms with E-state index in [0.29, 0.717) is 12.3 Å². The molecule has 1 aromatic rings. The molecule has 0 aromatic heterocycles. The van der Waals surface area contributed by atoms with Gasteiger partial charge >= 0.3 is 12.0 Å². The van der Waals surface area contributed by atoms with Crippen molar-refractivity contribution in [3.05, 3.63) is 29.8 Å². The maximum atomic E-state index is 11.8. The number of hydrogen-bond acceptors (Lipinski definition) is 4. The summed E-state index contributed by atoms with van der Waals surface area (Å²) in [7, 11) is 1.54. The lowest BCUT2D eigenvalue weighted by molar-refractivity contribution is -0.139. The first-order valence-corrected chi connectivity index (χ1v) is 6.06. The van der Waals surface area contributed by atoms with Gasteiger partial charge in [-0.3, -0.25) is 0 Å². The maximum Gasteiger partial charge on any atom is 0.326 e. The number of ether oxygens (including phenoxy) is 1. The Morgan fingerprint density at radius 3 is 2.65 bits per heavy atom. The number of benzene rings is 1. The van der Waals surface area contributed by atoms with Crippen LogP contribution in [0.15, 0.2) is 24.3 Å². The molecule has 7 heteroatoms. The molecule has 7 nitrogen and oxygen atoms in total. The lowest BCUT2D eigenvalue weighted by Crippen LogP contribution is -2.43. The number of aliphatic carboxylic acids is 1. The molecule has 1 aromatic carbocycles. The van der Waals surface area contributed by atoms with Gasteiger partial charge in [-0.05, 0) is 6.07 Å². The second-order valence-electron chi connectivity index (χ2n) is 4.09. The average Bonchev–Trinajstić information content (AvgIpc) is 2.40. The third kappa shape index (κ3) is 4.87. The number of hydrogen-bond donors (Lipinski definition) is 4. The molecule has 0 spiro atoms. The standard InChI is InChI=1S/C13H18N2O5/c1-20-8-9-4-2-3-5-10(9)14-13(19)15-11(6-7-16)12(17)18/h2-5,11,16H,6-8H2,1H3,(H,17,18)(H2,14,15,19)/t11-/m1/s1. The van der Waals surface area contributed by atoms with Crippen LogP contribution in [-0.2, 0) is 16.1 Å². The molecule has 0 heterocycles. The quantitative estimate of drug-likeness (QED) is 0.591. The topological polar surface area (TPSA) is 108 Å². The molecule has 0 radical (unpaired) electrons. The number of anilines is 1. The van der Waals surface area contributed by atoms with E-state index in [-0.39, 0.29) is 13.0 Å². The van der Waals surface area contributed by atoms with E-state index in [2.05, 4.69) is 10.6 Å². The van der Waals surface area contributed by atoms with Crippen molar-refractivity contribution in [3.63, 3.8) is 0 Å². The largest absolute Gasteiger partial charge is 0.480 e. The summed E-state index contributed by atoms with van der Waals surface area (Å²) < 4.78 is 5.01.